The highest BCUT2D eigenvalue weighted by atomic mass is 35.5. The smallest absolute Gasteiger partial charge is 0.382 e. The van der Waals surface area contributed by atoms with Gasteiger partial charge in [-0.2, -0.15) is 40.8 Å². The summed E-state index contributed by atoms with van der Waals surface area (Å²) in [6.07, 6.45) is -9.66. The van der Waals surface area contributed by atoms with Crippen LogP contribution in [-0.2, 0) is 12.4 Å². The maximum Gasteiger partial charge on any atom is 0.436 e. The molecule has 0 amide bonds. The molecule has 0 aliphatic heterocycles. The number of nitriles is 1. The van der Waals surface area contributed by atoms with Crippen molar-refractivity contribution in [2.24, 2.45) is 0 Å². The van der Waals surface area contributed by atoms with E-state index in [1.807, 2.05) is 0 Å². The van der Waals surface area contributed by atoms with Gasteiger partial charge in [0.15, 0.2) is 11.5 Å². The van der Waals surface area contributed by atoms with Crippen LogP contribution in [0.4, 0.5) is 32.2 Å². The fourth-order valence-corrected chi connectivity index (χ4v) is 3.16. The molecule has 1 aromatic heterocycles. The quantitative estimate of drug-likeness (QED) is 0.674. The van der Waals surface area contributed by atoms with E-state index in [2.05, 4.69) is 5.10 Å². The molecule has 2 aromatic rings. The van der Waals surface area contributed by atoms with Crippen LogP contribution in [0.15, 0.2) is 17.0 Å². The van der Waals surface area contributed by atoms with Gasteiger partial charge in [0, 0.05) is 11.9 Å². The number of rotatable bonds is 2. The highest BCUT2D eigenvalue weighted by Gasteiger charge is 2.39. The molecule has 0 spiro atoms. The number of nitrogen functional groups attached to an aromatic ring is 1. The molecule has 1 aromatic carbocycles. The van der Waals surface area contributed by atoms with Gasteiger partial charge in [-0.1, -0.05) is 23.2 Å². The van der Waals surface area contributed by atoms with Crippen molar-refractivity contribution in [2.45, 2.75) is 17.2 Å². The fraction of sp³-hybridized carbons (Fsp3) is 0.167. The molecule has 0 radical (unpaired) electrons. The second-order valence-electron chi connectivity index (χ2n) is 4.45. The molecule has 1 heterocycles. The van der Waals surface area contributed by atoms with Gasteiger partial charge >= 0.3 is 12.4 Å². The SMILES string of the molecule is N#Cc1c(C(F)(F)F)nn(Sc2c(Cl)cc(C(F)(F)F)cc2Cl)c1N. The Bertz CT molecular complexity index is 845. The summed E-state index contributed by atoms with van der Waals surface area (Å²) in [5.74, 6) is -0.646. The molecule has 0 aliphatic carbocycles. The van der Waals surface area contributed by atoms with E-state index >= 15 is 0 Å². The molecular formula is C12H4Cl2F6N4S. The van der Waals surface area contributed by atoms with Gasteiger partial charge in [0.2, 0.25) is 0 Å². The second-order valence-corrected chi connectivity index (χ2v) is 6.20. The second kappa shape index (κ2) is 6.51. The normalized spacial score (nSPS) is 12.3. The zero-order valence-electron chi connectivity index (χ0n) is 11.5. The van der Waals surface area contributed by atoms with Gasteiger partial charge in [-0.05, 0) is 12.1 Å². The number of alkyl halides is 6. The third kappa shape index (κ3) is 3.91. The van der Waals surface area contributed by atoms with Crippen molar-refractivity contribution >= 4 is 41.0 Å². The van der Waals surface area contributed by atoms with Crippen molar-refractivity contribution in [3.8, 4) is 6.07 Å². The van der Waals surface area contributed by atoms with Crippen LogP contribution in [0.2, 0.25) is 10.0 Å². The maximum atomic E-state index is 12.8. The lowest BCUT2D eigenvalue weighted by molar-refractivity contribution is -0.141. The molecule has 0 aliphatic rings. The molecule has 0 bridgehead atoms. The summed E-state index contributed by atoms with van der Waals surface area (Å²) < 4.78 is 77.1. The van der Waals surface area contributed by atoms with Gasteiger partial charge < -0.3 is 5.73 Å². The van der Waals surface area contributed by atoms with E-state index in [0.717, 1.165) is 0 Å². The fourth-order valence-electron chi connectivity index (χ4n) is 1.69. The largest absolute Gasteiger partial charge is 0.436 e. The van der Waals surface area contributed by atoms with E-state index in [-0.39, 0.29) is 4.90 Å². The topological polar surface area (TPSA) is 67.6 Å². The lowest BCUT2D eigenvalue weighted by atomic mass is 10.2. The van der Waals surface area contributed by atoms with Crippen LogP contribution in [0.5, 0.6) is 0 Å². The molecule has 0 saturated heterocycles. The van der Waals surface area contributed by atoms with E-state index in [0.29, 0.717) is 28.2 Å². The van der Waals surface area contributed by atoms with Crippen molar-refractivity contribution in [1.29, 1.82) is 5.26 Å². The third-order valence-corrected chi connectivity index (χ3v) is 4.67. The van der Waals surface area contributed by atoms with E-state index < -0.39 is 45.0 Å². The van der Waals surface area contributed by atoms with Crippen LogP contribution >= 0.6 is 35.1 Å². The summed E-state index contributed by atoms with van der Waals surface area (Å²) in [4.78, 5) is -0.205. The lowest BCUT2D eigenvalue weighted by Gasteiger charge is -2.12. The Hall–Kier alpha value is -1.77. The number of hydrogen-bond acceptors (Lipinski definition) is 4. The average Bonchev–Trinajstić information content (AvgIpc) is 2.78. The molecule has 134 valence electrons. The first-order valence-electron chi connectivity index (χ1n) is 5.96. The third-order valence-electron chi connectivity index (χ3n) is 2.77. The van der Waals surface area contributed by atoms with Crippen molar-refractivity contribution in [1.82, 2.24) is 9.19 Å². The predicted molar refractivity (Wildman–Crippen MR) is 79.1 cm³/mol. The Morgan fingerprint density at radius 2 is 1.60 bits per heavy atom. The first kappa shape index (κ1) is 19.6. The number of benzene rings is 1. The minimum Gasteiger partial charge on any atom is -0.382 e. The summed E-state index contributed by atoms with van der Waals surface area (Å²) in [5.41, 5.74) is 1.87. The monoisotopic (exact) mass is 420 g/mol. The molecule has 0 saturated carbocycles. The van der Waals surface area contributed by atoms with E-state index in [9.17, 15) is 26.3 Å². The zero-order chi connectivity index (χ0) is 19.2. The van der Waals surface area contributed by atoms with Crippen LogP contribution < -0.4 is 5.73 Å². The molecule has 0 fully saturated rings. The standard InChI is InChI=1S/C12H4Cl2F6N4S/c13-6-1-4(11(15,16)17)2-7(14)8(6)25-24-10(22)5(3-21)9(23-24)12(18,19)20/h1-2H,22H2. The molecule has 25 heavy (non-hydrogen) atoms. The maximum absolute atomic E-state index is 12.8. The Morgan fingerprint density at radius 1 is 1.08 bits per heavy atom. The minimum absolute atomic E-state index is 0.205. The molecule has 13 heteroatoms. The first-order valence-corrected chi connectivity index (χ1v) is 7.49. The Labute approximate surface area is 150 Å². The minimum atomic E-state index is -4.95. The van der Waals surface area contributed by atoms with Crippen molar-refractivity contribution in [3.63, 3.8) is 0 Å². The van der Waals surface area contributed by atoms with Crippen LogP contribution in [0.3, 0.4) is 0 Å². The summed E-state index contributed by atoms with van der Waals surface area (Å²) in [5, 5.41) is 11.0. The first-order chi connectivity index (χ1) is 11.4. The highest BCUT2D eigenvalue weighted by Crippen LogP contribution is 2.42. The van der Waals surface area contributed by atoms with E-state index in [4.69, 9.17) is 34.2 Å². The average molecular weight is 421 g/mol. The van der Waals surface area contributed by atoms with Crippen LogP contribution in [-0.4, -0.2) is 9.19 Å². The summed E-state index contributed by atoms with van der Waals surface area (Å²) in [6.45, 7) is 0. The molecule has 2 N–H and O–H groups in total. The Balaban J connectivity index is 2.52. The molecule has 0 unspecified atom stereocenters. The van der Waals surface area contributed by atoms with Gasteiger partial charge in [0.05, 0.1) is 20.5 Å². The Kier molecular flexibility index (Phi) is 5.09. The summed E-state index contributed by atoms with van der Waals surface area (Å²) in [6, 6.07) is 2.40. The highest BCUT2D eigenvalue weighted by molar-refractivity contribution is 7.98. The number of halogens is 8. The predicted octanol–water partition coefficient (Wildman–Crippen LogP) is 5.24. The van der Waals surface area contributed by atoms with Crippen LogP contribution in [0.25, 0.3) is 0 Å². The molecule has 4 nitrogen and oxygen atoms in total. The van der Waals surface area contributed by atoms with Gasteiger partial charge in [-0.3, -0.25) is 0 Å². The van der Waals surface area contributed by atoms with Gasteiger partial charge in [-0.25, -0.2) is 0 Å². The van der Waals surface area contributed by atoms with Crippen molar-refractivity contribution in [3.05, 3.63) is 39.0 Å². The van der Waals surface area contributed by atoms with Crippen molar-refractivity contribution < 1.29 is 26.3 Å². The van der Waals surface area contributed by atoms with Crippen LogP contribution in [0, 0.1) is 11.3 Å². The van der Waals surface area contributed by atoms with E-state index in [1.54, 1.807) is 0 Å². The molecule has 0 atom stereocenters. The summed E-state index contributed by atoms with van der Waals surface area (Å²) in [7, 11) is 0. The number of anilines is 1. The number of aromatic nitrogens is 2. The number of nitrogens with zero attached hydrogens (tertiary/aromatic N) is 3. The van der Waals surface area contributed by atoms with Gasteiger partial charge in [0.25, 0.3) is 0 Å². The van der Waals surface area contributed by atoms with E-state index in [1.165, 1.54) is 6.07 Å². The van der Waals surface area contributed by atoms with Gasteiger partial charge in [0.1, 0.15) is 11.6 Å². The number of hydrogen-bond donors (Lipinski definition) is 1. The van der Waals surface area contributed by atoms with Gasteiger partial charge in [-0.15, -0.1) is 0 Å². The zero-order valence-corrected chi connectivity index (χ0v) is 13.8. The van der Waals surface area contributed by atoms with Crippen molar-refractivity contribution in [2.75, 3.05) is 5.73 Å². The van der Waals surface area contributed by atoms with Crippen LogP contribution in [0.1, 0.15) is 16.8 Å². The Morgan fingerprint density at radius 3 is 1.96 bits per heavy atom. The summed E-state index contributed by atoms with van der Waals surface area (Å²) >= 11 is 11.8. The molecule has 2 rings (SSSR count). The number of nitrogens with two attached hydrogens (primary N) is 1. The molecular weight excluding hydrogens is 417 g/mol. The lowest BCUT2D eigenvalue weighted by Crippen LogP contribution is -2.08.